The Hall–Kier alpha value is -2.89. The van der Waals surface area contributed by atoms with Crippen molar-refractivity contribution in [3.8, 4) is 5.75 Å². The number of nitrogens with zero attached hydrogens (tertiary/aromatic N) is 1. The molecule has 2 amide bonds. The van der Waals surface area contributed by atoms with Crippen molar-refractivity contribution < 1.29 is 18.7 Å². The number of ether oxygens (including phenoxy) is 1. The zero-order valence-corrected chi connectivity index (χ0v) is 16.0. The standard InChI is InChI=1S/C22H25FN2O3/c1-16-4-10-20(11-5-16)28-14-12-24-21(26)18-3-2-13-25(15-18)22(27)17-6-8-19(23)9-7-17/h4-11,18H,2-3,12-15H2,1H3,(H,24,26). The van der Waals surface area contributed by atoms with E-state index >= 15 is 0 Å². The van der Waals surface area contributed by atoms with Gasteiger partial charge in [-0.2, -0.15) is 0 Å². The highest BCUT2D eigenvalue weighted by atomic mass is 19.1. The van der Waals surface area contributed by atoms with Gasteiger partial charge in [0.15, 0.2) is 0 Å². The van der Waals surface area contributed by atoms with Gasteiger partial charge in [-0.1, -0.05) is 17.7 Å². The zero-order valence-electron chi connectivity index (χ0n) is 16.0. The van der Waals surface area contributed by atoms with E-state index in [0.29, 0.717) is 31.8 Å². The van der Waals surface area contributed by atoms with Crippen LogP contribution in [0, 0.1) is 18.7 Å². The lowest BCUT2D eigenvalue weighted by Gasteiger charge is -2.32. The molecule has 2 aromatic rings. The van der Waals surface area contributed by atoms with Gasteiger partial charge >= 0.3 is 0 Å². The Labute approximate surface area is 164 Å². The van der Waals surface area contributed by atoms with Crippen LogP contribution >= 0.6 is 0 Å². The van der Waals surface area contributed by atoms with Crippen LogP contribution in [0.3, 0.4) is 0 Å². The topological polar surface area (TPSA) is 58.6 Å². The minimum atomic E-state index is -0.375. The maximum atomic E-state index is 13.0. The second kappa shape index (κ2) is 9.35. The summed E-state index contributed by atoms with van der Waals surface area (Å²) in [6.45, 7) is 3.80. The molecule has 0 radical (unpaired) electrons. The van der Waals surface area contributed by atoms with E-state index < -0.39 is 0 Å². The molecule has 0 spiro atoms. The van der Waals surface area contributed by atoms with E-state index in [1.165, 1.54) is 24.3 Å². The third-order valence-electron chi connectivity index (χ3n) is 4.86. The lowest BCUT2D eigenvalue weighted by Crippen LogP contribution is -2.46. The molecule has 28 heavy (non-hydrogen) atoms. The first kappa shape index (κ1) is 19.9. The smallest absolute Gasteiger partial charge is 0.253 e. The first-order valence-corrected chi connectivity index (χ1v) is 9.55. The summed E-state index contributed by atoms with van der Waals surface area (Å²) >= 11 is 0. The second-order valence-electron chi connectivity index (χ2n) is 7.05. The summed E-state index contributed by atoms with van der Waals surface area (Å²) in [7, 11) is 0. The molecule has 2 aromatic carbocycles. The van der Waals surface area contributed by atoms with Crippen LogP contribution in [0.1, 0.15) is 28.8 Å². The lowest BCUT2D eigenvalue weighted by molar-refractivity contribution is -0.126. The average Bonchev–Trinajstić information content (AvgIpc) is 2.72. The monoisotopic (exact) mass is 384 g/mol. The van der Waals surface area contributed by atoms with E-state index in [4.69, 9.17) is 4.74 Å². The first-order chi connectivity index (χ1) is 13.5. The third-order valence-corrected chi connectivity index (χ3v) is 4.86. The van der Waals surface area contributed by atoms with Crippen molar-refractivity contribution in [2.45, 2.75) is 19.8 Å². The maximum absolute atomic E-state index is 13.0. The van der Waals surface area contributed by atoms with Gasteiger partial charge in [-0.05, 0) is 56.2 Å². The van der Waals surface area contributed by atoms with Gasteiger partial charge in [0.05, 0.1) is 12.5 Å². The van der Waals surface area contributed by atoms with Gasteiger partial charge in [-0.25, -0.2) is 4.39 Å². The molecule has 0 aliphatic carbocycles. The fraction of sp³-hybridized carbons (Fsp3) is 0.364. The Morgan fingerprint density at radius 1 is 1.14 bits per heavy atom. The molecule has 6 heteroatoms. The van der Waals surface area contributed by atoms with Crippen LogP contribution in [-0.4, -0.2) is 43.0 Å². The van der Waals surface area contributed by atoms with Gasteiger partial charge in [0.25, 0.3) is 5.91 Å². The normalized spacial score (nSPS) is 16.5. The van der Waals surface area contributed by atoms with Crippen molar-refractivity contribution >= 4 is 11.8 Å². The first-order valence-electron chi connectivity index (χ1n) is 9.55. The number of benzene rings is 2. The molecular formula is C22H25FN2O3. The molecule has 1 fully saturated rings. The summed E-state index contributed by atoms with van der Waals surface area (Å²) in [5, 5.41) is 2.89. The molecule has 1 unspecified atom stereocenters. The zero-order chi connectivity index (χ0) is 19.9. The molecule has 0 saturated carbocycles. The molecule has 3 rings (SSSR count). The van der Waals surface area contributed by atoms with Crippen molar-refractivity contribution in [1.29, 1.82) is 0 Å². The number of carbonyl (C=O) groups excluding carboxylic acids is 2. The molecular weight excluding hydrogens is 359 g/mol. The summed E-state index contributed by atoms with van der Waals surface area (Å²) in [6, 6.07) is 13.2. The van der Waals surface area contributed by atoms with Crippen molar-refractivity contribution in [3.05, 3.63) is 65.5 Å². The number of carbonyl (C=O) groups is 2. The second-order valence-corrected chi connectivity index (χ2v) is 7.05. The van der Waals surface area contributed by atoms with E-state index in [9.17, 15) is 14.0 Å². The predicted molar refractivity (Wildman–Crippen MR) is 105 cm³/mol. The van der Waals surface area contributed by atoms with Gasteiger partial charge in [0.1, 0.15) is 18.2 Å². The van der Waals surface area contributed by atoms with Crippen LogP contribution < -0.4 is 10.1 Å². The molecule has 1 heterocycles. The van der Waals surface area contributed by atoms with Gasteiger partial charge in [0.2, 0.25) is 5.91 Å². The van der Waals surface area contributed by atoms with Gasteiger partial charge in [-0.15, -0.1) is 0 Å². The Morgan fingerprint density at radius 3 is 2.57 bits per heavy atom. The van der Waals surface area contributed by atoms with Crippen molar-refractivity contribution in [2.75, 3.05) is 26.2 Å². The summed E-state index contributed by atoms with van der Waals surface area (Å²) in [6.07, 6.45) is 1.52. The number of hydrogen-bond donors (Lipinski definition) is 1. The molecule has 0 aromatic heterocycles. The molecule has 148 valence electrons. The van der Waals surface area contributed by atoms with E-state index in [-0.39, 0.29) is 23.5 Å². The number of amides is 2. The third kappa shape index (κ3) is 5.31. The van der Waals surface area contributed by atoms with Crippen LogP contribution in [-0.2, 0) is 4.79 Å². The highest BCUT2D eigenvalue weighted by Gasteiger charge is 2.28. The van der Waals surface area contributed by atoms with Crippen molar-refractivity contribution in [2.24, 2.45) is 5.92 Å². The van der Waals surface area contributed by atoms with Crippen molar-refractivity contribution in [3.63, 3.8) is 0 Å². The number of likely N-dealkylation sites (tertiary alicyclic amines) is 1. The Bertz CT molecular complexity index is 806. The van der Waals surface area contributed by atoms with E-state index in [2.05, 4.69) is 5.32 Å². The maximum Gasteiger partial charge on any atom is 0.253 e. The minimum Gasteiger partial charge on any atom is -0.492 e. The lowest BCUT2D eigenvalue weighted by atomic mass is 9.96. The van der Waals surface area contributed by atoms with Gasteiger partial charge < -0.3 is 15.0 Å². The summed E-state index contributed by atoms with van der Waals surface area (Å²) in [5.41, 5.74) is 1.60. The van der Waals surface area contributed by atoms with Crippen LogP contribution in [0.25, 0.3) is 0 Å². The van der Waals surface area contributed by atoms with Crippen LogP contribution in [0.4, 0.5) is 4.39 Å². The summed E-state index contributed by atoms with van der Waals surface area (Å²) in [5.74, 6) is -0.0734. The molecule has 5 nitrogen and oxygen atoms in total. The Morgan fingerprint density at radius 2 is 1.86 bits per heavy atom. The molecule has 1 aliphatic heterocycles. The quantitative estimate of drug-likeness (QED) is 0.779. The predicted octanol–water partition coefficient (Wildman–Crippen LogP) is 3.18. The Balaban J connectivity index is 1.45. The number of nitrogens with one attached hydrogen (secondary N) is 1. The van der Waals surface area contributed by atoms with Crippen LogP contribution in [0.5, 0.6) is 5.75 Å². The summed E-state index contributed by atoms with van der Waals surface area (Å²) < 4.78 is 18.7. The fourth-order valence-electron chi connectivity index (χ4n) is 3.27. The molecule has 1 atom stereocenters. The molecule has 1 saturated heterocycles. The molecule has 0 bridgehead atoms. The SMILES string of the molecule is Cc1ccc(OCCNC(=O)C2CCCN(C(=O)c3ccc(F)cc3)C2)cc1. The van der Waals surface area contributed by atoms with E-state index in [1.54, 1.807) is 4.90 Å². The minimum absolute atomic E-state index is 0.0656. The average molecular weight is 384 g/mol. The van der Waals surface area contributed by atoms with Gasteiger partial charge in [-0.3, -0.25) is 9.59 Å². The van der Waals surface area contributed by atoms with E-state index in [1.807, 2.05) is 31.2 Å². The van der Waals surface area contributed by atoms with Crippen molar-refractivity contribution in [1.82, 2.24) is 10.2 Å². The number of aryl methyl sites for hydroxylation is 1. The number of halogens is 1. The number of piperidine rings is 1. The molecule has 1 aliphatic rings. The highest BCUT2D eigenvalue weighted by Crippen LogP contribution is 2.19. The fourth-order valence-corrected chi connectivity index (χ4v) is 3.27. The Kier molecular flexibility index (Phi) is 6.63. The van der Waals surface area contributed by atoms with Crippen LogP contribution in [0.15, 0.2) is 48.5 Å². The molecule has 1 N–H and O–H groups in total. The van der Waals surface area contributed by atoms with Gasteiger partial charge in [0, 0.05) is 18.7 Å². The summed E-state index contributed by atoms with van der Waals surface area (Å²) in [4.78, 5) is 26.7. The van der Waals surface area contributed by atoms with Crippen LogP contribution in [0.2, 0.25) is 0 Å². The number of hydrogen-bond acceptors (Lipinski definition) is 3. The van der Waals surface area contributed by atoms with E-state index in [0.717, 1.165) is 24.2 Å². The largest absolute Gasteiger partial charge is 0.492 e. The highest BCUT2D eigenvalue weighted by molar-refractivity contribution is 5.94. The number of rotatable bonds is 6.